The van der Waals surface area contributed by atoms with Crippen LogP contribution in [-0.2, 0) is 13.0 Å². The van der Waals surface area contributed by atoms with Gasteiger partial charge >= 0.3 is 0 Å². The molecule has 1 aliphatic rings. The van der Waals surface area contributed by atoms with Gasteiger partial charge in [-0.25, -0.2) is 19.0 Å². The van der Waals surface area contributed by atoms with E-state index in [-0.39, 0.29) is 29.1 Å². The minimum absolute atomic E-state index is 0.0416. The highest BCUT2D eigenvalue weighted by Crippen LogP contribution is 2.29. The Labute approximate surface area is 183 Å². The van der Waals surface area contributed by atoms with Gasteiger partial charge in [0, 0.05) is 17.8 Å². The minimum atomic E-state index is -0.761. The fourth-order valence-corrected chi connectivity index (χ4v) is 3.95. The Morgan fingerprint density at radius 1 is 1.28 bits per heavy atom. The average molecular weight is 429 g/mol. The zero-order valence-corrected chi connectivity index (χ0v) is 17.6. The largest absolute Gasteiger partial charge is 0.381 e. The summed E-state index contributed by atoms with van der Waals surface area (Å²) in [5, 5.41) is 22.3. The number of hydrogen-bond donors (Lipinski definition) is 1. The molecule has 5 rings (SSSR count). The van der Waals surface area contributed by atoms with Crippen LogP contribution in [0, 0.1) is 24.1 Å². The minimum Gasteiger partial charge on any atom is -0.381 e. The summed E-state index contributed by atoms with van der Waals surface area (Å²) >= 11 is 0. The van der Waals surface area contributed by atoms with E-state index < -0.39 is 5.82 Å². The number of nitrogen functional groups attached to an aromatic ring is 1. The SMILES string of the molecule is Cc1c(C#N)cccc1-c1nc(N)c(F)c(-c2cn(C(C)c3cc4n(n3)CCC4)nn2)n1. The molecule has 0 aliphatic carbocycles. The Morgan fingerprint density at radius 2 is 2.12 bits per heavy atom. The lowest BCUT2D eigenvalue weighted by atomic mass is 10.0. The molecule has 0 radical (unpaired) electrons. The normalized spacial score (nSPS) is 13.7. The second-order valence-electron chi connectivity index (χ2n) is 7.83. The quantitative estimate of drug-likeness (QED) is 0.529. The van der Waals surface area contributed by atoms with Gasteiger partial charge in [-0.15, -0.1) is 5.10 Å². The molecule has 0 amide bonds. The lowest BCUT2D eigenvalue weighted by Gasteiger charge is -2.09. The van der Waals surface area contributed by atoms with Crippen LogP contribution in [0.1, 0.15) is 41.9 Å². The fourth-order valence-electron chi connectivity index (χ4n) is 3.95. The zero-order chi connectivity index (χ0) is 22.4. The molecule has 0 saturated carbocycles. The number of fused-ring (bicyclic) bond motifs is 1. The number of benzene rings is 1. The number of anilines is 1. The third-order valence-corrected chi connectivity index (χ3v) is 5.83. The molecule has 0 fully saturated rings. The number of rotatable bonds is 4. The van der Waals surface area contributed by atoms with Gasteiger partial charge in [-0.05, 0) is 44.4 Å². The van der Waals surface area contributed by atoms with Crippen molar-refractivity contribution in [3.63, 3.8) is 0 Å². The van der Waals surface area contributed by atoms with Crippen LogP contribution in [0.4, 0.5) is 10.2 Å². The van der Waals surface area contributed by atoms with Crippen LogP contribution in [0.2, 0.25) is 0 Å². The van der Waals surface area contributed by atoms with E-state index >= 15 is 0 Å². The molecular weight excluding hydrogens is 409 g/mol. The summed E-state index contributed by atoms with van der Waals surface area (Å²) in [5.74, 6) is -0.829. The molecule has 160 valence electrons. The maximum absolute atomic E-state index is 14.9. The van der Waals surface area contributed by atoms with Gasteiger partial charge in [-0.3, -0.25) is 4.68 Å². The van der Waals surface area contributed by atoms with Crippen molar-refractivity contribution in [3.05, 3.63) is 58.8 Å². The van der Waals surface area contributed by atoms with E-state index in [1.54, 1.807) is 36.0 Å². The van der Waals surface area contributed by atoms with Crippen LogP contribution in [0.3, 0.4) is 0 Å². The van der Waals surface area contributed by atoms with Gasteiger partial charge in [0.1, 0.15) is 11.4 Å². The first-order chi connectivity index (χ1) is 15.5. The van der Waals surface area contributed by atoms with Crippen molar-refractivity contribution in [3.8, 4) is 28.8 Å². The number of nitrogens with two attached hydrogens (primary N) is 1. The Balaban J connectivity index is 1.53. The summed E-state index contributed by atoms with van der Waals surface area (Å²) in [6.07, 6.45) is 3.75. The molecule has 1 atom stereocenters. The lowest BCUT2D eigenvalue weighted by molar-refractivity contribution is 0.517. The van der Waals surface area contributed by atoms with E-state index in [9.17, 15) is 9.65 Å². The number of nitrogens with zero attached hydrogens (tertiary/aromatic N) is 8. The molecule has 32 heavy (non-hydrogen) atoms. The van der Waals surface area contributed by atoms with E-state index in [2.05, 4.69) is 37.5 Å². The summed E-state index contributed by atoms with van der Waals surface area (Å²) in [6.45, 7) is 4.67. The van der Waals surface area contributed by atoms with Crippen molar-refractivity contribution < 1.29 is 4.39 Å². The molecule has 1 unspecified atom stereocenters. The van der Waals surface area contributed by atoms with Crippen molar-refractivity contribution in [2.75, 3.05) is 5.73 Å². The number of nitriles is 1. The van der Waals surface area contributed by atoms with E-state index in [1.165, 1.54) is 5.69 Å². The molecule has 4 heterocycles. The second kappa shape index (κ2) is 7.53. The highest BCUT2D eigenvalue weighted by Gasteiger charge is 2.22. The van der Waals surface area contributed by atoms with Crippen LogP contribution in [0.15, 0.2) is 30.5 Å². The first kappa shape index (κ1) is 19.8. The van der Waals surface area contributed by atoms with Crippen molar-refractivity contribution in [1.29, 1.82) is 5.26 Å². The maximum atomic E-state index is 14.9. The Morgan fingerprint density at radius 3 is 2.91 bits per heavy atom. The molecule has 10 heteroatoms. The molecule has 0 bridgehead atoms. The van der Waals surface area contributed by atoms with Gasteiger partial charge in [0.25, 0.3) is 0 Å². The Kier molecular flexibility index (Phi) is 4.66. The number of aryl methyl sites for hydroxylation is 2. The van der Waals surface area contributed by atoms with Gasteiger partial charge in [0.15, 0.2) is 17.5 Å². The fraction of sp³-hybridized carbons (Fsp3) is 0.273. The predicted molar refractivity (Wildman–Crippen MR) is 115 cm³/mol. The molecular formula is C22H20FN9. The summed E-state index contributed by atoms with van der Waals surface area (Å²) < 4.78 is 18.5. The van der Waals surface area contributed by atoms with Crippen molar-refractivity contribution in [2.24, 2.45) is 0 Å². The highest BCUT2D eigenvalue weighted by atomic mass is 19.1. The summed E-state index contributed by atoms with van der Waals surface area (Å²) in [5.41, 5.74) is 9.93. The molecule has 9 nitrogen and oxygen atoms in total. The molecule has 4 aromatic rings. The van der Waals surface area contributed by atoms with Crippen LogP contribution < -0.4 is 5.73 Å². The monoisotopic (exact) mass is 429 g/mol. The predicted octanol–water partition coefficient (Wildman–Crippen LogP) is 3.06. The van der Waals surface area contributed by atoms with Crippen LogP contribution in [-0.4, -0.2) is 34.7 Å². The zero-order valence-electron chi connectivity index (χ0n) is 17.6. The van der Waals surface area contributed by atoms with Crippen molar-refractivity contribution >= 4 is 5.82 Å². The third kappa shape index (κ3) is 3.19. The topological polar surface area (TPSA) is 124 Å². The van der Waals surface area contributed by atoms with Crippen LogP contribution in [0.5, 0.6) is 0 Å². The average Bonchev–Trinajstić information content (AvgIpc) is 3.52. The summed E-state index contributed by atoms with van der Waals surface area (Å²) in [7, 11) is 0. The first-order valence-electron chi connectivity index (χ1n) is 10.3. The molecule has 1 aliphatic heterocycles. The van der Waals surface area contributed by atoms with E-state index in [0.29, 0.717) is 16.7 Å². The van der Waals surface area contributed by atoms with Crippen LogP contribution in [0.25, 0.3) is 22.8 Å². The smallest absolute Gasteiger partial charge is 0.193 e. The molecule has 0 spiro atoms. The van der Waals surface area contributed by atoms with Gasteiger partial charge in [0.05, 0.1) is 29.6 Å². The van der Waals surface area contributed by atoms with Gasteiger partial charge in [0.2, 0.25) is 0 Å². The van der Waals surface area contributed by atoms with E-state index in [0.717, 1.165) is 25.1 Å². The highest BCUT2D eigenvalue weighted by molar-refractivity contribution is 5.69. The van der Waals surface area contributed by atoms with Crippen LogP contribution >= 0.6 is 0 Å². The van der Waals surface area contributed by atoms with E-state index in [1.807, 2.05) is 11.6 Å². The lowest BCUT2D eigenvalue weighted by Crippen LogP contribution is -2.09. The van der Waals surface area contributed by atoms with Crippen molar-refractivity contribution in [1.82, 2.24) is 34.7 Å². The number of aromatic nitrogens is 7. The van der Waals surface area contributed by atoms with Gasteiger partial charge in [-0.1, -0.05) is 17.3 Å². The molecule has 2 N–H and O–H groups in total. The summed E-state index contributed by atoms with van der Waals surface area (Å²) in [6, 6.07) is 9.22. The molecule has 0 saturated heterocycles. The Bertz CT molecular complexity index is 1360. The van der Waals surface area contributed by atoms with Gasteiger partial charge < -0.3 is 5.73 Å². The maximum Gasteiger partial charge on any atom is 0.193 e. The first-order valence-corrected chi connectivity index (χ1v) is 10.3. The molecule has 1 aromatic carbocycles. The van der Waals surface area contributed by atoms with Crippen molar-refractivity contribution in [2.45, 2.75) is 39.3 Å². The third-order valence-electron chi connectivity index (χ3n) is 5.83. The van der Waals surface area contributed by atoms with Gasteiger partial charge in [-0.2, -0.15) is 10.4 Å². The second-order valence-corrected chi connectivity index (χ2v) is 7.83. The summed E-state index contributed by atoms with van der Waals surface area (Å²) in [4.78, 5) is 8.48. The number of hydrogen-bond acceptors (Lipinski definition) is 7. The molecule has 3 aromatic heterocycles. The number of halogens is 1. The Hall–Kier alpha value is -4.13. The van der Waals surface area contributed by atoms with E-state index in [4.69, 9.17) is 5.73 Å². The standard InChI is InChI=1S/C22H20FN9/c1-12-14(10-24)5-3-7-16(12)22-26-20(19(23)21(25)27-22)18-11-32(30-28-18)13(2)17-9-15-6-4-8-31(15)29-17/h3,5,7,9,11,13H,4,6,8H2,1-2H3,(H2,25,26,27).